The number of piperidine rings is 1. The zero-order valence-electron chi connectivity index (χ0n) is 18.3. The topological polar surface area (TPSA) is 104 Å². The lowest BCUT2D eigenvalue weighted by Gasteiger charge is -2.36. The molecule has 1 saturated heterocycles. The third kappa shape index (κ3) is 3.97. The molecule has 1 aromatic carbocycles. The van der Waals surface area contributed by atoms with Gasteiger partial charge in [0.05, 0.1) is 0 Å². The van der Waals surface area contributed by atoms with Crippen molar-refractivity contribution in [3.05, 3.63) is 46.7 Å². The second kappa shape index (κ2) is 9.47. The smallest absolute Gasteiger partial charge is 0.172 e. The van der Waals surface area contributed by atoms with Crippen molar-refractivity contribution < 1.29 is 9.84 Å². The van der Waals surface area contributed by atoms with Gasteiger partial charge in [-0.1, -0.05) is 18.6 Å². The van der Waals surface area contributed by atoms with Gasteiger partial charge in [-0.3, -0.25) is 0 Å². The zero-order chi connectivity index (χ0) is 22.6. The second-order valence-corrected chi connectivity index (χ2v) is 8.94. The molecule has 1 aliphatic carbocycles. The molecule has 3 aliphatic rings. The monoisotopic (exact) mass is 428 g/mol. The first kappa shape index (κ1) is 21.9. The van der Waals surface area contributed by atoms with Crippen molar-refractivity contribution in [2.75, 3.05) is 24.6 Å². The van der Waals surface area contributed by atoms with Crippen molar-refractivity contribution >= 4 is 11.3 Å². The summed E-state index contributed by atoms with van der Waals surface area (Å²) in [5.74, 6) is 0.741. The van der Waals surface area contributed by atoms with Crippen LogP contribution in [0.25, 0.3) is 5.57 Å². The molecule has 2 aliphatic heterocycles. The van der Waals surface area contributed by atoms with Crippen molar-refractivity contribution in [3.8, 4) is 18.2 Å². The second-order valence-electron chi connectivity index (χ2n) is 8.94. The number of hydrogen-bond acceptors (Lipinski definition) is 6. The first-order valence-corrected chi connectivity index (χ1v) is 11.5. The molecular weight excluding hydrogens is 400 g/mol. The van der Waals surface area contributed by atoms with Gasteiger partial charge in [-0.2, -0.15) is 15.8 Å². The zero-order valence-corrected chi connectivity index (χ0v) is 18.3. The molecule has 4 rings (SSSR count). The number of aliphatic hydroxyl groups is 1. The first-order chi connectivity index (χ1) is 15.7. The summed E-state index contributed by atoms with van der Waals surface area (Å²) in [4.78, 5) is 2.37. The Balaban J connectivity index is 1.68. The van der Waals surface area contributed by atoms with Gasteiger partial charge in [-0.25, -0.2) is 0 Å². The third-order valence-electron chi connectivity index (χ3n) is 7.13. The van der Waals surface area contributed by atoms with Crippen LogP contribution in [-0.2, 0) is 4.74 Å². The number of allylic oxidation sites excluding steroid dienone is 2. The molecule has 1 aromatic rings. The number of rotatable bonds is 4. The third-order valence-corrected chi connectivity index (χ3v) is 7.13. The van der Waals surface area contributed by atoms with Gasteiger partial charge in [0.2, 0.25) is 0 Å². The maximum atomic E-state index is 9.98. The minimum absolute atomic E-state index is 0.135. The fourth-order valence-electron chi connectivity index (χ4n) is 5.43. The van der Waals surface area contributed by atoms with E-state index in [4.69, 9.17) is 4.74 Å². The highest BCUT2D eigenvalue weighted by molar-refractivity contribution is 5.85. The summed E-state index contributed by atoms with van der Waals surface area (Å²) in [6, 6.07) is 14.3. The molecule has 2 heterocycles. The van der Waals surface area contributed by atoms with E-state index in [9.17, 15) is 20.9 Å². The van der Waals surface area contributed by atoms with E-state index in [-0.39, 0.29) is 17.9 Å². The molecule has 0 atom stereocenters. The number of nitrogens with zero attached hydrogens (tertiary/aromatic N) is 4. The number of anilines is 1. The van der Waals surface area contributed by atoms with Crippen LogP contribution in [0.15, 0.2) is 41.2 Å². The lowest BCUT2D eigenvalue weighted by Crippen LogP contribution is -2.34. The van der Waals surface area contributed by atoms with Crippen LogP contribution < -0.4 is 4.90 Å². The predicted molar refractivity (Wildman–Crippen MR) is 121 cm³/mol. The highest BCUT2D eigenvalue weighted by Crippen LogP contribution is 2.52. The van der Waals surface area contributed by atoms with Crippen LogP contribution >= 0.6 is 0 Å². The van der Waals surface area contributed by atoms with E-state index in [1.807, 2.05) is 24.3 Å². The number of benzene rings is 1. The van der Waals surface area contributed by atoms with E-state index in [1.54, 1.807) is 0 Å². The molecule has 0 amide bonds. The van der Waals surface area contributed by atoms with E-state index < -0.39 is 5.60 Å². The molecule has 1 spiro atoms. The summed E-state index contributed by atoms with van der Waals surface area (Å²) < 4.78 is 6.29. The molecule has 0 bridgehead atoms. The van der Waals surface area contributed by atoms with E-state index in [0.29, 0.717) is 11.5 Å². The molecule has 1 N–H and O–H groups in total. The molecule has 6 nitrogen and oxygen atoms in total. The van der Waals surface area contributed by atoms with Crippen LogP contribution in [0.1, 0.15) is 56.9 Å². The average molecular weight is 429 g/mol. The highest BCUT2D eigenvalue weighted by Gasteiger charge is 2.48. The number of aliphatic hydroxyl groups excluding tert-OH is 1. The fourth-order valence-corrected chi connectivity index (χ4v) is 5.43. The summed E-state index contributed by atoms with van der Waals surface area (Å²) in [5, 5.41) is 38.0. The molecule has 32 heavy (non-hydrogen) atoms. The Hall–Kier alpha value is -3.27. The van der Waals surface area contributed by atoms with Gasteiger partial charge < -0.3 is 14.7 Å². The van der Waals surface area contributed by atoms with Crippen LogP contribution in [0.3, 0.4) is 0 Å². The van der Waals surface area contributed by atoms with Crippen molar-refractivity contribution in [3.63, 3.8) is 0 Å². The largest absolute Gasteiger partial charge is 0.479 e. The Morgan fingerprint density at radius 1 is 1.03 bits per heavy atom. The van der Waals surface area contributed by atoms with Crippen LogP contribution in [-0.4, -0.2) is 30.4 Å². The SMILES string of the molecule is N#CC(C#N)=C1OC2(CCCCC2)C(c2ccc(N3CCC(CCO)CC3)cc2)=C1C#N. The summed E-state index contributed by atoms with van der Waals surface area (Å²) >= 11 is 0. The van der Waals surface area contributed by atoms with Crippen molar-refractivity contribution in [2.24, 2.45) is 5.92 Å². The Bertz CT molecular complexity index is 1020. The molecule has 0 unspecified atom stereocenters. The van der Waals surface area contributed by atoms with Crippen molar-refractivity contribution in [2.45, 2.75) is 57.0 Å². The lowest BCUT2D eigenvalue weighted by molar-refractivity contribution is 0.0394. The molecule has 0 radical (unpaired) electrons. The van der Waals surface area contributed by atoms with Crippen molar-refractivity contribution in [1.82, 2.24) is 0 Å². The Morgan fingerprint density at radius 2 is 1.69 bits per heavy atom. The van der Waals surface area contributed by atoms with Gasteiger partial charge in [0.25, 0.3) is 0 Å². The molecule has 164 valence electrons. The Labute approximate surface area is 189 Å². The minimum Gasteiger partial charge on any atom is -0.479 e. The maximum Gasteiger partial charge on any atom is 0.172 e. The average Bonchev–Trinajstić information content (AvgIpc) is 3.14. The van der Waals surface area contributed by atoms with Gasteiger partial charge in [0, 0.05) is 31.0 Å². The molecule has 2 fully saturated rings. The van der Waals surface area contributed by atoms with Gasteiger partial charge >= 0.3 is 0 Å². The lowest BCUT2D eigenvalue weighted by atomic mass is 9.76. The minimum atomic E-state index is -0.637. The quantitative estimate of drug-likeness (QED) is 0.703. The summed E-state index contributed by atoms with van der Waals surface area (Å²) in [6.07, 6.45) is 7.71. The van der Waals surface area contributed by atoms with E-state index in [1.165, 1.54) is 0 Å². The molecular formula is C26H28N4O2. The van der Waals surface area contributed by atoms with Crippen LogP contribution in [0.5, 0.6) is 0 Å². The maximum absolute atomic E-state index is 9.98. The Kier molecular flexibility index (Phi) is 6.50. The predicted octanol–water partition coefficient (Wildman–Crippen LogP) is 4.60. The van der Waals surface area contributed by atoms with E-state index in [2.05, 4.69) is 23.1 Å². The van der Waals surface area contributed by atoms with Crippen LogP contribution in [0.2, 0.25) is 0 Å². The standard InChI is InChI=1S/C26H28N4O2/c27-16-21(17-28)25-23(18-29)24(26(32-25)11-2-1-3-12-26)20-4-6-22(7-5-20)30-13-8-19(9-14-30)10-15-31/h4-7,19,31H,1-3,8-15H2. The van der Waals surface area contributed by atoms with Crippen LogP contribution in [0.4, 0.5) is 5.69 Å². The van der Waals surface area contributed by atoms with Gasteiger partial charge in [0.1, 0.15) is 29.4 Å². The molecule has 0 aromatic heterocycles. The van der Waals surface area contributed by atoms with E-state index in [0.717, 1.165) is 81.3 Å². The summed E-state index contributed by atoms with van der Waals surface area (Å²) in [5.41, 5.74) is 2.45. The number of nitriles is 3. The van der Waals surface area contributed by atoms with Gasteiger partial charge in [-0.05, 0) is 68.6 Å². The van der Waals surface area contributed by atoms with Crippen molar-refractivity contribution in [1.29, 1.82) is 15.8 Å². The van der Waals surface area contributed by atoms with Gasteiger partial charge in [-0.15, -0.1) is 0 Å². The van der Waals surface area contributed by atoms with E-state index >= 15 is 0 Å². The first-order valence-electron chi connectivity index (χ1n) is 11.5. The summed E-state index contributed by atoms with van der Waals surface area (Å²) in [7, 11) is 0. The highest BCUT2D eigenvalue weighted by atomic mass is 16.5. The molecule has 6 heteroatoms. The number of ether oxygens (including phenoxy) is 1. The summed E-state index contributed by atoms with van der Waals surface area (Å²) in [6.45, 7) is 2.21. The Morgan fingerprint density at radius 3 is 2.25 bits per heavy atom. The number of hydrogen-bond donors (Lipinski definition) is 1. The van der Waals surface area contributed by atoms with Gasteiger partial charge in [0.15, 0.2) is 11.3 Å². The molecule has 1 saturated carbocycles. The normalized spacial score (nSPS) is 20.4. The van der Waals surface area contributed by atoms with Crippen LogP contribution in [0, 0.1) is 39.9 Å². The fraction of sp³-hybridized carbons (Fsp3) is 0.500.